The fourth-order valence-corrected chi connectivity index (χ4v) is 2.08. The monoisotopic (exact) mass is 339 g/mol. The Morgan fingerprint density at radius 2 is 1.76 bits per heavy atom. The Morgan fingerprint density at radius 3 is 2.53 bits per heavy atom. The summed E-state index contributed by atoms with van der Waals surface area (Å²) in [7, 11) is 0. The number of hydrogen-bond acceptors (Lipinski definition) is 2. The zero-order chi connectivity index (χ0) is 12.1. The normalized spacial score (nSPS) is 10.2. The zero-order valence-electron chi connectivity index (χ0n) is 9.40. The van der Waals surface area contributed by atoms with Crippen molar-refractivity contribution in [1.29, 1.82) is 0 Å². The van der Waals surface area contributed by atoms with Gasteiger partial charge in [0.25, 0.3) is 0 Å². The standard InChI is InChI=1S/C14H14INO/c15-13-5-2-6-14(8-13)17-10-12-4-1-3-11(7-12)9-16/h1-8H,9-10,16H2. The van der Waals surface area contributed by atoms with E-state index in [1.54, 1.807) is 0 Å². The minimum atomic E-state index is 0.567. The van der Waals surface area contributed by atoms with Gasteiger partial charge in [-0.1, -0.05) is 30.3 Å². The van der Waals surface area contributed by atoms with Crippen LogP contribution in [0, 0.1) is 3.57 Å². The Hall–Kier alpha value is -1.07. The van der Waals surface area contributed by atoms with Crippen molar-refractivity contribution in [2.24, 2.45) is 5.73 Å². The average molecular weight is 339 g/mol. The molecule has 0 heterocycles. The van der Waals surface area contributed by atoms with E-state index in [9.17, 15) is 0 Å². The number of hydrogen-bond donors (Lipinski definition) is 1. The second kappa shape index (κ2) is 6.02. The highest BCUT2D eigenvalue weighted by atomic mass is 127. The highest BCUT2D eigenvalue weighted by molar-refractivity contribution is 14.1. The molecule has 0 saturated heterocycles. The van der Waals surface area contributed by atoms with Crippen LogP contribution in [0.4, 0.5) is 0 Å². The molecule has 0 atom stereocenters. The van der Waals surface area contributed by atoms with Crippen LogP contribution in [0.1, 0.15) is 11.1 Å². The van der Waals surface area contributed by atoms with E-state index in [0.717, 1.165) is 16.9 Å². The topological polar surface area (TPSA) is 35.2 Å². The van der Waals surface area contributed by atoms with E-state index in [2.05, 4.69) is 28.7 Å². The molecular formula is C14H14INO. The largest absolute Gasteiger partial charge is 0.489 e. The maximum absolute atomic E-state index is 5.73. The van der Waals surface area contributed by atoms with Crippen molar-refractivity contribution in [3.05, 3.63) is 63.2 Å². The minimum Gasteiger partial charge on any atom is -0.489 e. The van der Waals surface area contributed by atoms with Crippen LogP contribution in [0.15, 0.2) is 48.5 Å². The fourth-order valence-electron chi connectivity index (χ4n) is 1.57. The number of nitrogens with two attached hydrogens (primary N) is 1. The van der Waals surface area contributed by atoms with Gasteiger partial charge in [-0.15, -0.1) is 0 Å². The summed E-state index contributed by atoms with van der Waals surface area (Å²) in [6, 6.07) is 16.2. The summed E-state index contributed by atoms with van der Waals surface area (Å²) in [5.74, 6) is 0.898. The van der Waals surface area contributed by atoms with E-state index in [1.807, 2.05) is 42.5 Å². The van der Waals surface area contributed by atoms with Crippen LogP contribution >= 0.6 is 22.6 Å². The van der Waals surface area contributed by atoms with Gasteiger partial charge in [0.1, 0.15) is 12.4 Å². The summed E-state index contributed by atoms with van der Waals surface area (Å²) in [6.45, 7) is 1.14. The first-order chi connectivity index (χ1) is 8.28. The lowest BCUT2D eigenvalue weighted by Crippen LogP contribution is -1.99. The Balaban J connectivity index is 2.02. The molecule has 0 aliphatic heterocycles. The third-order valence-electron chi connectivity index (χ3n) is 2.43. The van der Waals surface area contributed by atoms with Gasteiger partial charge >= 0.3 is 0 Å². The molecule has 0 amide bonds. The highest BCUT2D eigenvalue weighted by Gasteiger charge is 1.98. The van der Waals surface area contributed by atoms with Crippen LogP contribution < -0.4 is 10.5 Å². The molecule has 2 rings (SSSR count). The first kappa shape index (κ1) is 12.4. The second-order valence-electron chi connectivity index (χ2n) is 3.77. The van der Waals surface area contributed by atoms with Gasteiger partial charge in [0.2, 0.25) is 0 Å². The van der Waals surface area contributed by atoms with Gasteiger partial charge in [0.05, 0.1) is 0 Å². The van der Waals surface area contributed by atoms with E-state index in [0.29, 0.717) is 13.2 Å². The molecule has 2 aromatic carbocycles. The van der Waals surface area contributed by atoms with Gasteiger partial charge < -0.3 is 10.5 Å². The van der Waals surface area contributed by atoms with Gasteiger partial charge in [-0.05, 0) is 51.9 Å². The summed E-state index contributed by atoms with van der Waals surface area (Å²) >= 11 is 2.27. The van der Waals surface area contributed by atoms with Gasteiger partial charge in [0.15, 0.2) is 0 Å². The van der Waals surface area contributed by atoms with Crippen LogP contribution in [0.25, 0.3) is 0 Å². The van der Waals surface area contributed by atoms with Gasteiger partial charge in [-0.3, -0.25) is 0 Å². The van der Waals surface area contributed by atoms with E-state index in [4.69, 9.17) is 10.5 Å². The zero-order valence-corrected chi connectivity index (χ0v) is 11.6. The molecule has 17 heavy (non-hydrogen) atoms. The lowest BCUT2D eigenvalue weighted by Gasteiger charge is -2.07. The summed E-state index contributed by atoms with van der Waals surface area (Å²) in [6.07, 6.45) is 0. The Morgan fingerprint density at radius 1 is 1.00 bits per heavy atom. The molecule has 0 aliphatic carbocycles. The Bertz CT molecular complexity index is 499. The molecule has 0 unspecified atom stereocenters. The number of ether oxygens (including phenoxy) is 1. The smallest absolute Gasteiger partial charge is 0.120 e. The van der Waals surface area contributed by atoms with Crippen LogP contribution in [0.5, 0.6) is 5.75 Å². The predicted octanol–water partition coefficient (Wildman–Crippen LogP) is 3.33. The van der Waals surface area contributed by atoms with E-state index < -0.39 is 0 Å². The Kier molecular flexibility index (Phi) is 4.39. The highest BCUT2D eigenvalue weighted by Crippen LogP contribution is 2.16. The molecule has 3 heteroatoms. The van der Waals surface area contributed by atoms with E-state index in [1.165, 1.54) is 3.57 Å². The summed E-state index contributed by atoms with van der Waals surface area (Å²) in [4.78, 5) is 0. The summed E-state index contributed by atoms with van der Waals surface area (Å²) in [5, 5.41) is 0. The molecule has 0 spiro atoms. The molecule has 0 saturated carbocycles. The molecule has 0 aliphatic rings. The second-order valence-corrected chi connectivity index (χ2v) is 5.02. The third-order valence-corrected chi connectivity index (χ3v) is 3.10. The predicted molar refractivity (Wildman–Crippen MR) is 77.8 cm³/mol. The molecule has 0 radical (unpaired) electrons. The lowest BCUT2D eigenvalue weighted by atomic mass is 10.1. The quantitative estimate of drug-likeness (QED) is 0.868. The van der Waals surface area contributed by atoms with Gasteiger partial charge in [-0.25, -0.2) is 0 Å². The van der Waals surface area contributed by atoms with Crippen molar-refractivity contribution in [2.45, 2.75) is 13.2 Å². The first-order valence-electron chi connectivity index (χ1n) is 5.44. The van der Waals surface area contributed by atoms with Crippen LogP contribution in [-0.2, 0) is 13.2 Å². The summed E-state index contributed by atoms with van der Waals surface area (Å²) < 4.78 is 6.90. The molecule has 88 valence electrons. The number of halogens is 1. The first-order valence-corrected chi connectivity index (χ1v) is 6.52. The lowest BCUT2D eigenvalue weighted by molar-refractivity contribution is 0.306. The van der Waals surface area contributed by atoms with Crippen LogP contribution in [0.2, 0.25) is 0 Å². The van der Waals surface area contributed by atoms with Crippen molar-refractivity contribution < 1.29 is 4.74 Å². The van der Waals surface area contributed by atoms with E-state index >= 15 is 0 Å². The molecule has 0 bridgehead atoms. The number of benzene rings is 2. The van der Waals surface area contributed by atoms with Crippen LogP contribution in [0.3, 0.4) is 0 Å². The molecule has 0 fully saturated rings. The molecule has 2 N–H and O–H groups in total. The molecular weight excluding hydrogens is 325 g/mol. The SMILES string of the molecule is NCc1cccc(COc2cccc(I)c2)c1. The van der Waals surface area contributed by atoms with Crippen molar-refractivity contribution in [3.63, 3.8) is 0 Å². The van der Waals surface area contributed by atoms with Gasteiger partial charge in [0, 0.05) is 10.1 Å². The number of rotatable bonds is 4. The average Bonchev–Trinajstić information content (AvgIpc) is 2.37. The maximum atomic E-state index is 5.73. The van der Waals surface area contributed by atoms with Crippen molar-refractivity contribution in [2.75, 3.05) is 0 Å². The van der Waals surface area contributed by atoms with E-state index in [-0.39, 0.29) is 0 Å². The molecule has 0 aromatic heterocycles. The fraction of sp³-hybridized carbons (Fsp3) is 0.143. The third kappa shape index (κ3) is 3.71. The maximum Gasteiger partial charge on any atom is 0.120 e. The van der Waals surface area contributed by atoms with Gasteiger partial charge in [-0.2, -0.15) is 0 Å². The molecule has 2 aromatic rings. The van der Waals surface area contributed by atoms with Crippen molar-refractivity contribution >= 4 is 22.6 Å². The van der Waals surface area contributed by atoms with Crippen molar-refractivity contribution in [1.82, 2.24) is 0 Å². The minimum absolute atomic E-state index is 0.567. The Labute approximate surface area is 115 Å². The van der Waals surface area contributed by atoms with Crippen LogP contribution in [-0.4, -0.2) is 0 Å². The molecule has 2 nitrogen and oxygen atoms in total. The van der Waals surface area contributed by atoms with Crippen molar-refractivity contribution in [3.8, 4) is 5.75 Å². The summed E-state index contributed by atoms with van der Waals surface area (Å²) in [5.41, 5.74) is 7.88.